The predicted molar refractivity (Wildman–Crippen MR) is 65.3 cm³/mol. The van der Waals surface area contributed by atoms with Crippen molar-refractivity contribution in [2.75, 3.05) is 7.11 Å². The molecule has 0 atom stereocenters. The van der Waals surface area contributed by atoms with Gasteiger partial charge in [-0.25, -0.2) is 0 Å². The van der Waals surface area contributed by atoms with Crippen LogP contribution in [-0.2, 0) is 0 Å². The number of aromatic nitrogens is 3. The average molecular weight is 231 g/mol. The van der Waals surface area contributed by atoms with Crippen molar-refractivity contribution in [2.45, 2.75) is 0 Å². The van der Waals surface area contributed by atoms with Crippen molar-refractivity contribution in [3.8, 4) is 5.75 Å². The molecule has 2 N–H and O–H groups in total. The number of nitrogens with zero attached hydrogens (tertiary/aromatic N) is 1. The highest BCUT2D eigenvalue weighted by Crippen LogP contribution is 2.27. The van der Waals surface area contributed by atoms with Gasteiger partial charge >= 0.3 is 0 Å². The van der Waals surface area contributed by atoms with Gasteiger partial charge in [-0.15, -0.1) is 0 Å². The lowest BCUT2D eigenvalue weighted by molar-refractivity contribution is 0.415. The van der Waals surface area contributed by atoms with Crippen LogP contribution in [0.4, 0.5) is 0 Å². The Morgan fingerprint density at radius 2 is 2.19 bits per heavy atom. The van der Waals surface area contributed by atoms with Crippen LogP contribution < -0.4 is 4.74 Å². The molecular formula is C11H9N3OS. The number of nitrogens with one attached hydrogen (secondary N) is 2. The summed E-state index contributed by atoms with van der Waals surface area (Å²) in [6, 6.07) is 5.87. The highest BCUT2D eigenvalue weighted by atomic mass is 32.1. The number of benzene rings is 1. The van der Waals surface area contributed by atoms with Crippen LogP contribution in [0.15, 0.2) is 24.4 Å². The van der Waals surface area contributed by atoms with Gasteiger partial charge in [0.15, 0.2) is 0 Å². The molecule has 2 aromatic heterocycles. The zero-order chi connectivity index (χ0) is 11.1. The van der Waals surface area contributed by atoms with Gasteiger partial charge in [-0.05, 0) is 18.2 Å². The molecule has 0 saturated heterocycles. The minimum atomic E-state index is 0.618. The second kappa shape index (κ2) is 3.31. The third-order valence-corrected chi connectivity index (χ3v) is 2.93. The molecule has 0 unspecified atom stereocenters. The zero-order valence-electron chi connectivity index (χ0n) is 8.57. The van der Waals surface area contributed by atoms with E-state index in [1.807, 2.05) is 18.2 Å². The molecule has 3 aromatic rings. The zero-order valence-corrected chi connectivity index (χ0v) is 9.39. The number of hydrogen-bond acceptors (Lipinski definition) is 3. The van der Waals surface area contributed by atoms with E-state index in [1.54, 1.807) is 13.3 Å². The van der Waals surface area contributed by atoms with Crippen LogP contribution in [0.25, 0.3) is 21.8 Å². The van der Waals surface area contributed by atoms with Crippen LogP contribution in [-0.4, -0.2) is 22.3 Å². The van der Waals surface area contributed by atoms with E-state index in [9.17, 15) is 0 Å². The number of H-pyrrole nitrogens is 2. The van der Waals surface area contributed by atoms with Crippen molar-refractivity contribution in [3.05, 3.63) is 29.0 Å². The number of rotatable bonds is 1. The highest BCUT2D eigenvalue weighted by molar-refractivity contribution is 7.71. The van der Waals surface area contributed by atoms with E-state index in [4.69, 9.17) is 17.0 Å². The second-order valence-electron chi connectivity index (χ2n) is 3.52. The van der Waals surface area contributed by atoms with Gasteiger partial charge in [-0.1, -0.05) is 12.2 Å². The van der Waals surface area contributed by atoms with Gasteiger partial charge in [-0.2, -0.15) is 5.10 Å². The first kappa shape index (κ1) is 9.35. The standard InChI is InChI=1S/C11H9N3OS/c1-15-6-2-3-9-7(4-6)8-5-12-14-11(16)10(8)13-9/h2-5,13H,1H3,(H,14,16). The van der Waals surface area contributed by atoms with E-state index < -0.39 is 0 Å². The summed E-state index contributed by atoms with van der Waals surface area (Å²) in [5.41, 5.74) is 1.94. The molecule has 1 aromatic carbocycles. The molecule has 3 rings (SSSR count). The molecule has 16 heavy (non-hydrogen) atoms. The maximum atomic E-state index is 5.20. The minimum absolute atomic E-state index is 0.618. The number of fused-ring (bicyclic) bond motifs is 3. The van der Waals surface area contributed by atoms with E-state index in [0.717, 1.165) is 27.6 Å². The fourth-order valence-corrected chi connectivity index (χ4v) is 2.06. The fraction of sp³-hybridized carbons (Fsp3) is 0.0909. The lowest BCUT2D eigenvalue weighted by atomic mass is 10.2. The lowest BCUT2D eigenvalue weighted by Crippen LogP contribution is -1.81. The van der Waals surface area contributed by atoms with E-state index in [-0.39, 0.29) is 0 Å². The topological polar surface area (TPSA) is 53.7 Å². The van der Waals surface area contributed by atoms with E-state index in [2.05, 4.69) is 15.2 Å². The quantitative estimate of drug-likeness (QED) is 0.633. The van der Waals surface area contributed by atoms with Crippen LogP contribution in [0.5, 0.6) is 5.75 Å². The van der Waals surface area contributed by atoms with Crippen molar-refractivity contribution >= 4 is 34.0 Å². The predicted octanol–water partition coefficient (Wildman–Crippen LogP) is 2.78. The largest absolute Gasteiger partial charge is 0.497 e. The van der Waals surface area contributed by atoms with Crippen molar-refractivity contribution < 1.29 is 4.74 Å². The smallest absolute Gasteiger partial charge is 0.144 e. The monoisotopic (exact) mass is 231 g/mol. The first-order valence-electron chi connectivity index (χ1n) is 4.83. The molecule has 2 heterocycles. The van der Waals surface area contributed by atoms with Crippen LogP contribution in [0.2, 0.25) is 0 Å². The third-order valence-electron chi connectivity index (χ3n) is 2.63. The Morgan fingerprint density at radius 3 is 3.00 bits per heavy atom. The third kappa shape index (κ3) is 1.22. The van der Waals surface area contributed by atoms with E-state index >= 15 is 0 Å². The van der Waals surface area contributed by atoms with E-state index in [0.29, 0.717) is 4.64 Å². The molecular weight excluding hydrogens is 222 g/mol. The van der Waals surface area contributed by atoms with Crippen LogP contribution in [0.3, 0.4) is 0 Å². The molecule has 0 saturated carbocycles. The lowest BCUT2D eigenvalue weighted by Gasteiger charge is -1.98. The summed E-state index contributed by atoms with van der Waals surface area (Å²) in [4.78, 5) is 3.27. The molecule has 0 bridgehead atoms. The molecule has 0 aliphatic rings. The Kier molecular flexibility index (Phi) is 1.94. The number of aromatic amines is 2. The van der Waals surface area contributed by atoms with Crippen molar-refractivity contribution in [3.63, 3.8) is 0 Å². The first-order chi connectivity index (χ1) is 7.79. The molecule has 0 spiro atoms. The minimum Gasteiger partial charge on any atom is -0.497 e. The molecule has 0 aliphatic carbocycles. The molecule has 80 valence electrons. The molecule has 0 amide bonds. The van der Waals surface area contributed by atoms with Crippen LogP contribution in [0, 0.1) is 4.64 Å². The summed E-state index contributed by atoms with van der Waals surface area (Å²) in [6.07, 6.45) is 1.77. The number of ether oxygens (including phenoxy) is 1. The first-order valence-corrected chi connectivity index (χ1v) is 5.23. The fourth-order valence-electron chi connectivity index (χ4n) is 1.84. The average Bonchev–Trinajstić information content (AvgIpc) is 2.68. The van der Waals surface area contributed by atoms with Gasteiger partial charge in [0, 0.05) is 16.3 Å². The van der Waals surface area contributed by atoms with Gasteiger partial charge < -0.3 is 9.72 Å². The SMILES string of the molecule is COc1ccc2[nH]c3c(=S)[nH]ncc3c2c1. The highest BCUT2D eigenvalue weighted by Gasteiger charge is 2.06. The maximum absolute atomic E-state index is 5.20. The summed E-state index contributed by atoms with van der Waals surface area (Å²) in [5, 5.41) is 8.85. The van der Waals surface area contributed by atoms with Gasteiger partial charge in [0.05, 0.1) is 18.8 Å². The van der Waals surface area contributed by atoms with Gasteiger partial charge in [0.25, 0.3) is 0 Å². The van der Waals surface area contributed by atoms with Gasteiger partial charge in [0.1, 0.15) is 10.4 Å². The van der Waals surface area contributed by atoms with Crippen molar-refractivity contribution in [2.24, 2.45) is 0 Å². The summed E-state index contributed by atoms with van der Waals surface area (Å²) >= 11 is 5.18. The molecule has 5 heteroatoms. The summed E-state index contributed by atoms with van der Waals surface area (Å²) < 4.78 is 5.82. The Hall–Kier alpha value is -1.88. The number of methoxy groups -OCH3 is 1. The molecule has 0 radical (unpaired) electrons. The Balaban J connectivity index is 2.52. The van der Waals surface area contributed by atoms with E-state index in [1.165, 1.54) is 0 Å². The second-order valence-corrected chi connectivity index (χ2v) is 3.93. The summed E-state index contributed by atoms with van der Waals surface area (Å²) in [7, 11) is 1.65. The Bertz CT molecular complexity index is 729. The van der Waals surface area contributed by atoms with Crippen molar-refractivity contribution in [1.82, 2.24) is 15.2 Å². The Morgan fingerprint density at radius 1 is 1.31 bits per heavy atom. The normalized spacial score (nSPS) is 11.1. The van der Waals surface area contributed by atoms with Crippen molar-refractivity contribution in [1.29, 1.82) is 0 Å². The maximum Gasteiger partial charge on any atom is 0.144 e. The molecule has 0 aliphatic heterocycles. The van der Waals surface area contributed by atoms with Gasteiger partial charge in [-0.3, -0.25) is 5.10 Å². The molecule has 0 fully saturated rings. The van der Waals surface area contributed by atoms with Crippen LogP contribution in [0.1, 0.15) is 0 Å². The van der Waals surface area contributed by atoms with Gasteiger partial charge in [0.2, 0.25) is 0 Å². The van der Waals surface area contributed by atoms with Crippen LogP contribution >= 0.6 is 12.2 Å². The summed E-state index contributed by atoms with van der Waals surface area (Å²) in [5.74, 6) is 0.826. The summed E-state index contributed by atoms with van der Waals surface area (Å²) in [6.45, 7) is 0. The molecule has 4 nitrogen and oxygen atoms in total. The number of hydrogen-bond donors (Lipinski definition) is 2. The Labute approximate surface area is 96.2 Å².